The average molecular weight is 604 g/mol. The number of amides is 2. The van der Waals surface area contributed by atoms with E-state index in [0.717, 1.165) is 5.56 Å². The Balaban J connectivity index is 1.81. The highest BCUT2D eigenvalue weighted by Crippen LogP contribution is 2.34. The third kappa shape index (κ3) is 6.94. The Hall–Kier alpha value is -3.12. The molecule has 172 valence electrons. The van der Waals surface area contributed by atoms with Gasteiger partial charge in [-0.3, -0.25) is 9.59 Å². The van der Waals surface area contributed by atoms with Crippen molar-refractivity contribution in [2.45, 2.75) is 6.92 Å². The molecule has 3 aromatic rings. The highest BCUT2D eigenvalue weighted by atomic mass is 79.9. The van der Waals surface area contributed by atoms with Crippen molar-refractivity contribution < 1.29 is 14.3 Å². The van der Waals surface area contributed by atoms with E-state index < -0.39 is 11.8 Å². The van der Waals surface area contributed by atoms with Crippen LogP contribution in [0.25, 0.3) is 6.08 Å². The van der Waals surface area contributed by atoms with Crippen LogP contribution in [-0.4, -0.2) is 18.4 Å². The second-order valence-corrected chi connectivity index (χ2v) is 9.29. The first kappa shape index (κ1) is 25.5. The van der Waals surface area contributed by atoms with Gasteiger partial charge in [0.25, 0.3) is 11.8 Å². The molecule has 0 aliphatic heterocycles. The molecule has 2 N–H and O–H groups in total. The summed E-state index contributed by atoms with van der Waals surface area (Å²) in [5.41, 5.74) is 2.32. The fourth-order valence-electron chi connectivity index (χ4n) is 2.95. The Bertz CT molecular complexity index is 1320. The number of nitrogens with one attached hydrogen (secondary N) is 2. The Morgan fingerprint density at radius 2 is 1.85 bits per heavy atom. The van der Waals surface area contributed by atoms with Gasteiger partial charge >= 0.3 is 0 Å². The van der Waals surface area contributed by atoms with Gasteiger partial charge in [-0.15, -0.1) is 0 Å². The molecule has 0 fully saturated rings. The number of benzene rings is 3. The summed E-state index contributed by atoms with van der Waals surface area (Å²) in [5, 5.41) is 15.4. The molecule has 0 unspecified atom stereocenters. The van der Waals surface area contributed by atoms with E-state index in [2.05, 4.69) is 42.5 Å². The normalized spacial score (nSPS) is 10.9. The number of hydrogen-bond acceptors (Lipinski definition) is 4. The van der Waals surface area contributed by atoms with Crippen molar-refractivity contribution in [3.8, 4) is 11.8 Å². The van der Waals surface area contributed by atoms with Crippen LogP contribution in [0.1, 0.15) is 11.1 Å². The van der Waals surface area contributed by atoms with Crippen molar-refractivity contribution in [3.05, 3.63) is 91.3 Å². The molecule has 0 heterocycles. The largest absolute Gasteiger partial charge is 0.482 e. The van der Waals surface area contributed by atoms with Crippen molar-refractivity contribution in [2.24, 2.45) is 0 Å². The first-order valence-electron chi connectivity index (χ1n) is 9.93. The topological polar surface area (TPSA) is 91.2 Å². The van der Waals surface area contributed by atoms with Crippen LogP contribution in [0.5, 0.6) is 5.75 Å². The summed E-state index contributed by atoms with van der Waals surface area (Å²) in [6.45, 7) is 1.59. The Labute approximate surface area is 218 Å². The van der Waals surface area contributed by atoms with Crippen molar-refractivity contribution in [1.82, 2.24) is 0 Å². The van der Waals surface area contributed by atoms with Crippen LogP contribution in [0, 0.1) is 18.3 Å². The van der Waals surface area contributed by atoms with Gasteiger partial charge in [-0.25, -0.2) is 0 Å². The summed E-state index contributed by atoms with van der Waals surface area (Å²) >= 11 is 12.9. The molecule has 0 atom stereocenters. The van der Waals surface area contributed by atoms with Crippen LogP contribution in [0.3, 0.4) is 0 Å². The number of para-hydroxylation sites is 1. The summed E-state index contributed by atoms with van der Waals surface area (Å²) in [6, 6.07) is 19.4. The van der Waals surface area contributed by atoms with Gasteiger partial charge in [-0.1, -0.05) is 51.8 Å². The molecular weight excluding hydrogens is 586 g/mol. The van der Waals surface area contributed by atoms with Crippen LogP contribution in [-0.2, 0) is 9.59 Å². The number of nitriles is 1. The number of nitrogens with zero attached hydrogens (tertiary/aromatic N) is 1. The van der Waals surface area contributed by atoms with Crippen LogP contribution < -0.4 is 15.4 Å². The molecule has 0 aromatic heterocycles. The minimum absolute atomic E-state index is 0.128. The predicted octanol–water partition coefficient (Wildman–Crippen LogP) is 6.74. The highest BCUT2D eigenvalue weighted by Gasteiger charge is 2.16. The number of anilines is 2. The molecule has 2 amide bonds. The summed E-state index contributed by atoms with van der Waals surface area (Å²) in [5.74, 6) is -0.684. The van der Waals surface area contributed by atoms with Crippen LogP contribution >= 0.6 is 43.5 Å². The van der Waals surface area contributed by atoms with E-state index in [9.17, 15) is 14.9 Å². The van der Waals surface area contributed by atoms with Crippen LogP contribution in [0.2, 0.25) is 5.02 Å². The molecule has 0 saturated carbocycles. The number of aryl methyl sites for hydroxylation is 1. The Morgan fingerprint density at radius 1 is 1.09 bits per heavy atom. The second kappa shape index (κ2) is 11.8. The van der Waals surface area contributed by atoms with Gasteiger partial charge < -0.3 is 15.4 Å². The maximum Gasteiger partial charge on any atom is 0.266 e. The predicted molar refractivity (Wildman–Crippen MR) is 141 cm³/mol. The average Bonchev–Trinajstić information content (AvgIpc) is 2.78. The van der Waals surface area contributed by atoms with Gasteiger partial charge in [0.05, 0.1) is 15.2 Å². The van der Waals surface area contributed by atoms with Gasteiger partial charge in [0.2, 0.25) is 0 Å². The molecule has 0 bridgehead atoms. The Kier molecular flexibility index (Phi) is 8.88. The smallest absolute Gasteiger partial charge is 0.266 e. The van der Waals surface area contributed by atoms with Gasteiger partial charge in [-0.2, -0.15) is 5.26 Å². The quantitative estimate of drug-likeness (QED) is 0.231. The van der Waals surface area contributed by atoms with E-state index in [0.29, 0.717) is 36.7 Å². The van der Waals surface area contributed by atoms with Gasteiger partial charge in [-0.05, 0) is 70.9 Å². The lowest BCUT2D eigenvalue weighted by atomic mass is 10.1. The van der Waals surface area contributed by atoms with Gasteiger partial charge in [0.1, 0.15) is 17.4 Å². The fraction of sp³-hybridized carbons (Fsp3) is 0.0800. The molecule has 6 nitrogen and oxygen atoms in total. The summed E-state index contributed by atoms with van der Waals surface area (Å²) in [4.78, 5) is 25.1. The van der Waals surface area contributed by atoms with Crippen LogP contribution in [0.4, 0.5) is 11.4 Å². The number of halogens is 3. The SMILES string of the molecule is Cc1cccc(NC(=O)/C(C#N)=C/c2cc(Br)cc(Br)c2OCC(=O)Nc2ccccc2Cl)c1. The lowest BCUT2D eigenvalue weighted by Gasteiger charge is -2.13. The number of carbonyl (C=O) groups excluding carboxylic acids is 2. The first-order chi connectivity index (χ1) is 16.3. The molecule has 0 aliphatic rings. The lowest BCUT2D eigenvalue weighted by molar-refractivity contribution is -0.118. The van der Waals surface area contributed by atoms with E-state index in [4.69, 9.17) is 16.3 Å². The zero-order valence-corrected chi connectivity index (χ0v) is 21.8. The summed E-state index contributed by atoms with van der Waals surface area (Å²) in [6.07, 6.45) is 1.40. The van der Waals surface area contributed by atoms with E-state index >= 15 is 0 Å². The number of carbonyl (C=O) groups is 2. The standard InChI is InChI=1S/C25H18Br2ClN3O3/c1-15-5-4-6-19(9-15)30-25(33)17(13-29)10-16-11-18(26)12-20(27)24(16)34-14-23(32)31-22-8-3-2-7-21(22)28/h2-12H,14H2,1H3,(H,30,33)(H,31,32)/b17-10+. The Morgan fingerprint density at radius 3 is 2.56 bits per heavy atom. The lowest BCUT2D eigenvalue weighted by Crippen LogP contribution is -2.20. The minimum Gasteiger partial charge on any atom is -0.482 e. The minimum atomic E-state index is -0.563. The summed E-state index contributed by atoms with van der Waals surface area (Å²) in [7, 11) is 0. The number of rotatable bonds is 7. The zero-order chi connectivity index (χ0) is 24.7. The van der Waals surface area contributed by atoms with Crippen molar-refractivity contribution in [2.75, 3.05) is 17.2 Å². The molecule has 0 radical (unpaired) electrons. The van der Waals surface area contributed by atoms with Crippen molar-refractivity contribution >= 4 is 72.7 Å². The third-order valence-electron chi connectivity index (χ3n) is 4.47. The maximum atomic E-state index is 12.7. The molecule has 34 heavy (non-hydrogen) atoms. The zero-order valence-electron chi connectivity index (χ0n) is 17.9. The van der Waals surface area contributed by atoms with Crippen molar-refractivity contribution in [3.63, 3.8) is 0 Å². The molecule has 3 rings (SSSR count). The van der Waals surface area contributed by atoms with E-state index in [1.54, 1.807) is 48.5 Å². The van der Waals surface area contributed by atoms with E-state index in [1.165, 1.54) is 6.08 Å². The third-order valence-corrected chi connectivity index (χ3v) is 5.85. The fourth-order valence-corrected chi connectivity index (χ4v) is 4.51. The van der Waals surface area contributed by atoms with Crippen LogP contribution in [0.15, 0.2) is 75.2 Å². The van der Waals surface area contributed by atoms with Gasteiger partial charge in [0, 0.05) is 15.7 Å². The molecular formula is C25H18Br2ClN3O3. The second-order valence-electron chi connectivity index (χ2n) is 7.12. The highest BCUT2D eigenvalue weighted by molar-refractivity contribution is 9.11. The number of ether oxygens (including phenoxy) is 1. The molecule has 0 spiro atoms. The first-order valence-corrected chi connectivity index (χ1v) is 11.9. The molecule has 0 saturated heterocycles. The van der Waals surface area contributed by atoms with Crippen molar-refractivity contribution in [1.29, 1.82) is 5.26 Å². The summed E-state index contributed by atoms with van der Waals surface area (Å²) < 4.78 is 6.97. The van der Waals surface area contributed by atoms with Gasteiger partial charge in [0.15, 0.2) is 6.61 Å². The molecule has 3 aromatic carbocycles. The molecule has 9 heteroatoms. The van der Waals surface area contributed by atoms with E-state index in [-0.39, 0.29) is 12.2 Å². The molecule has 0 aliphatic carbocycles. The van der Waals surface area contributed by atoms with E-state index in [1.807, 2.05) is 25.1 Å². The monoisotopic (exact) mass is 601 g/mol. The maximum absolute atomic E-state index is 12.7. The number of hydrogen-bond donors (Lipinski definition) is 2.